The van der Waals surface area contributed by atoms with Crippen molar-refractivity contribution in [3.63, 3.8) is 0 Å². The number of aryl methyl sites for hydroxylation is 1. The predicted molar refractivity (Wildman–Crippen MR) is 93.2 cm³/mol. The van der Waals surface area contributed by atoms with Gasteiger partial charge in [-0.2, -0.15) is 5.10 Å². The van der Waals surface area contributed by atoms with Crippen LogP contribution in [0.1, 0.15) is 16.4 Å². The third-order valence-electron chi connectivity index (χ3n) is 3.70. The van der Waals surface area contributed by atoms with Gasteiger partial charge >= 0.3 is 0 Å². The van der Waals surface area contributed by atoms with Crippen molar-refractivity contribution >= 4 is 11.6 Å². The normalized spacial score (nSPS) is 10.7. The molecule has 0 fully saturated rings. The highest BCUT2D eigenvalue weighted by atomic mass is 19.1. The lowest BCUT2D eigenvalue weighted by Gasteiger charge is -2.04. The highest BCUT2D eigenvalue weighted by Crippen LogP contribution is 2.13. The molecule has 1 N–H and O–H groups in total. The van der Waals surface area contributed by atoms with Crippen LogP contribution in [-0.4, -0.2) is 40.4 Å². The molecule has 1 amide bonds. The Labute approximate surface area is 152 Å². The van der Waals surface area contributed by atoms with Crippen LogP contribution < -0.4 is 5.32 Å². The summed E-state index contributed by atoms with van der Waals surface area (Å²) in [4.78, 5) is 24.6. The lowest BCUT2D eigenvalue weighted by molar-refractivity contribution is 0.101. The van der Waals surface area contributed by atoms with Crippen LogP contribution in [0, 0.1) is 12.7 Å². The average molecular weight is 364 g/mol. The molecule has 3 heterocycles. The number of halogens is 1. The lowest BCUT2D eigenvalue weighted by atomic mass is 10.3. The first-order chi connectivity index (χ1) is 13.1. The minimum absolute atomic E-state index is 0.00261. The van der Waals surface area contributed by atoms with Crippen LogP contribution in [0.2, 0.25) is 0 Å². The fourth-order valence-corrected chi connectivity index (χ4v) is 2.42. The smallest absolute Gasteiger partial charge is 0.295 e. The molecule has 0 aliphatic rings. The van der Waals surface area contributed by atoms with Gasteiger partial charge in [-0.05, 0) is 43.3 Å². The van der Waals surface area contributed by atoms with Gasteiger partial charge in [0.15, 0.2) is 5.82 Å². The van der Waals surface area contributed by atoms with E-state index in [1.54, 1.807) is 31.2 Å². The third kappa shape index (κ3) is 3.40. The van der Waals surface area contributed by atoms with Crippen molar-refractivity contribution in [1.82, 2.24) is 34.5 Å². The van der Waals surface area contributed by atoms with Gasteiger partial charge in [-0.3, -0.25) is 4.79 Å². The van der Waals surface area contributed by atoms with Crippen LogP contribution >= 0.6 is 0 Å². The van der Waals surface area contributed by atoms with E-state index in [1.165, 1.54) is 40.3 Å². The maximum atomic E-state index is 13.1. The number of nitrogens with one attached hydrogen (secondary N) is 1. The van der Waals surface area contributed by atoms with E-state index < -0.39 is 5.91 Å². The zero-order valence-electron chi connectivity index (χ0n) is 14.1. The van der Waals surface area contributed by atoms with E-state index in [0.29, 0.717) is 23.0 Å². The van der Waals surface area contributed by atoms with Gasteiger partial charge in [0.2, 0.25) is 5.82 Å². The summed E-state index contributed by atoms with van der Waals surface area (Å²) in [5, 5.41) is 10.9. The molecule has 0 unspecified atom stereocenters. The van der Waals surface area contributed by atoms with Crippen molar-refractivity contribution in [3.05, 3.63) is 72.7 Å². The van der Waals surface area contributed by atoms with Crippen LogP contribution in [0.25, 0.3) is 11.5 Å². The highest BCUT2D eigenvalue weighted by Gasteiger charge is 2.16. The van der Waals surface area contributed by atoms with Crippen LogP contribution in [-0.2, 0) is 0 Å². The van der Waals surface area contributed by atoms with Crippen LogP contribution in [0.5, 0.6) is 0 Å². The Kier molecular flexibility index (Phi) is 4.13. The summed E-state index contributed by atoms with van der Waals surface area (Å²) in [5.41, 5.74) is 1.10. The van der Waals surface area contributed by atoms with Gasteiger partial charge in [0.1, 0.15) is 24.3 Å². The Morgan fingerprint density at radius 3 is 2.63 bits per heavy atom. The number of carbonyl (C=O) groups is 1. The van der Waals surface area contributed by atoms with E-state index >= 15 is 0 Å². The average Bonchev–Trinajstić information content (AvgIpc) is 3.33. The Bertz CT molecular complexity index is 1070. The lowest BCUT2D eigenvalue weighted by Crippen LogP contribution is -2.14. The van der Waals surface area contributed by atoms with Gasteiger partial charge < -0.3 is 5.32 Å². The molecule has 0 saturated carbocycles. The molecule has 0 aliphatic heterocycles. The second kappa shape index (κ2) is 6.75. The second-order valence-electron chi connectivity index (χ2n) is 5.57. The summed E-state index contributed by atoms with van der Waals surface area (Å²) >= 11 is 0. The molecule has 1 aromatic carbocycles. The van der Waals surface area contributed by atoms with E-state index in [4.69, 9.17) is 0 Å². The number of pyridine rings is 1. The second-order valence-corrected chi connectivity index (χ2v) is 5.57. The van der Waals surface area contributed by atoms with Crippen LogP contribution in [0.15, 0.2) is 55.2 Å². The van der Waals surface area contributed by atoms with Gasteiger partial charge in [0.25, 0.3) is 5.91 Å². The number of amides is 1. The number of aromatic nitrogens is 7. The van der Waals surface area contributed by atoms with Crippen LogP contribution in [0.3, 0.4) is 0 Å². The fourth-order valence-electron chi connectivity index (χ4n) is 2.42. The molecule has 0 spiro atoms. The Balaban J connectivity index is 1.52. The number of rotatable bonds is 4. The topological polar surface area (TPSA) is 103 Å². The van der Waals surface area contributed by atoms with Gasteiger partial charge in [-0.15, -0.1) is 5.10 Å². The molecule has 0 saturated heterocycles. The fraction of sp³-hybridized carbons (Fsp3) is 0.0588. The van der Waals surface area contributed by atoms with Crippen molar-refractivity contribution in [2.45, 2.75) is 6.92 Å². The van der Waals surface area contributed by atoms with E-state index in [9.17, 15) is 9.18 Å². The van der Waals surface area contributed by atoms with Crippen LogP contribution in [0.4, 0.5) is 10.1 Å². The number of carbonyl (C=O) groups excluding carboxylic acids is 1. The molecule has 10 heteroatoms. The van der Waals surface area contributed by atoms with Gasteiger partial charge in [-0.25, -0.2) is 28.7 Å². The van der Waals surface area contributed by atoms with E-state index in [1.807, 2.05) is 0 Å². The van der Waals surface area contributed by atoms with Crippen molar-refractivity contribution < 1.29 is 9.18 Å². The molecule has 9 nitrogen and oxygen atoms in total. The standard InChI is InChI=1S/C17H13FN8O/c1-11-22-16(24-26(11)14-5-2-12(18)3-6-14)17(27)23-13-4-7-15(20-8-13)25-10-19-9-21-25/h2-10H,1H3,(H,23,27). The molecule has 4 rings (SSSR count). The summed E-state index contributed by atoms with van der Waals surface area (Å²) < 4.78 is 16.0. The Morgan fingerprint density at radius 1 is 1.15 bits per heavy atom. The molecule has 3 aromatic heterocycles. The predicted octanol–water partition coefficient (Wildman–Crippen LogP) is 1.94. The number of benzene rings is 1. The summed E-state index contributed by atoms with van der Waals surface area (Å²) in [6.07, 6.45) is 4.43. The molecule has 4 aromatic rings. The molecule has 0 bridgehead atoms. The van der Waals surface area contributed by atoms with Crippen molar-refractivity contribution in [2.24, 2.45) is 0 Å². The van der Waals surface area contributed by atoms with Gasteiger partial charge in [0.05, 0.1) is 17.6 Å². The minimum Gasteiger partial charge on any atom is -0.318 e. The largest absolute Gasteiger partial charge is 0.318 e. The number of hydrogen-bond acceptors (Lipinski definition) is 6. The number of nitrogens with zero attached hydrogens (tertiary/aromatic N) is 7. The first-order valence-electron chi connectivity index (χ1n) is 7.92. The number of hydrogen-bond donors (Lipinski definition) is 1. The molecular weight excluding hydrogens is 351 g/mol. The minimum atomic E-state index is -0.478. The number of anilines is 1. The summed E-state index contributed by atoms with van der Waals surface area (Å²) in [5.74, 6) is 0.245. The summed E-state index contributed by atoms with van der Waals surface area (Å²) in [6.45, 7) is 1.71. The summed E-state index contributed by atoms with van der Waals surface area (Å²) in [6, 6.07) is 9.14. The zero-order valence-corrected chi connectivity index (χ0v) is 14.1. The SMILES string of the molecule is Cc1nc(C(=O)Nc2ccc(-n3cncn3)nc2)nn1-c1ccc(F)cc1. The molecule has 134 valence electrons. The summed E-state index contributed by atoms with van der Waals surface area (Å²) in [7, 11) is 0. The third-order valence-corrected chi connectivity index (χ3v) is 3.70. The monoisotopic (exact) mass is 364 g/mol. The highest BCUT2D eigenvalue weighted by molar-refractivity contribution is 6.01. The van der Waals surface area contributed by atoms with E-state index in [-0.39, 0.29) is 11.6 Å². The molecular formula is C17H13FN8O. The molecule has 0 atom stereocenters. The Morgan fingerprint density at radius 2 is 1.96 bits per heavy atom. The van der Waals surface area contributed by atoms with Crippen molar-refractivity contribution in [1.29, 1.82) is 0 Å². The maximum Gasteiger partial charge on any atom is 0.295 e. The van der Waals surface area contributed by atoms with E-state index in [2.05, 4.69) is 30.5 Å². The van der Waals surface area contributed by atoms with E-state index in [0.717, 1.165) is 0 Å². The van der Waals surface area contributed by atoms with Gasteiger partial charge in [-0.1, -0.05) is 0 Å². The first kappa shape index (κ1) is 16.5. The zero-order chi connectivity index (χ0) is 18.8. The quantitative estimate of drug-likeness (QED) is 0.594. The Hall–Kier alpha value is -3.95. The van der Waals surface area contributed by atoms with Crippen molar-refractivity contribution in [2.75, 3.05) is 5.32 Å². The van der Waals surface area contributed by atoms with Crippen molar-refractivity contribution in [3.8, 4) is 11.5 Å². The molecule has 27 heavy (non-hydrogen) atoms. The molecule has 0 aliphatic carbocycles. The first-order valence-corrected chi connectivity index (χ1v) is 7.92. The maximum absolute atomic E-state index is 13.1. The van der Waals surface area contributed by atoms with Gasteiger partial charge in [0, 0.05) is 0 Å². The molecule has 0 radical (unpaired) electrons.